The molecule has 84 valence electrons. The molecule has 3 rings (SSSR count). The van der Waals surface area contributed by atoms with E-state index in [9.17, 15) is 0 Å². The van der Waals surface area contributed by atoms with Crippen molar-refractivity contribution in [1.82, 2.24) is 10.1 Å². The first-order valence-electron chi connectivity index (χ1n) is 5.51. The molecule has 0 fully saturated rings. The lowest BCUT2D eigenvalue weighted by Crippen LogP contribution is -2.28. The van der Waals surface area contributed by atoms with Gasteiger partial charge in [-0.25, -0.2) is 0 Å². The SMILES string of the molecule is Cc1cc(CN2CCc3sccc3C2)on1. The molecule has 3 heterocycles. The molecule has 0 amide bonds. The highest BCUT2D eigenvalue weighted by Gasteiger charge is 2.18. The lowest BCUT2D eigenvalue weighted by atomic mass is 10.1. The largest absolute Gasteiger partial charge is 0.360 e. The lowest BCUT2D eigenvalue weighted by Gasteiger charge is -2.25. The zero-order valence-electron chi connectivity index (χ0n) is 9.27. The summed E-state index contributed by atoms with van der Waals surface area (Å²) >= 11 is 1.88. The van der Waals surface area contributed by atoms with E-state index in [-0.39, 0.29) is 0 Å². The third kappa shape index (κ3) is 1.90. The van der Waals surface area contributed by atoms with Crippen molar-refractivity contribution in [2.24, 2.45) is 0 Å². The van der Waals surface area contributed by atoms with Gasteiger partial charge in [0.15, 0.2) is 5.76 Å². The number of rotatable bonds is 2. The highest BCUT2D eigenvalue weighted by atomic mass is 32.1. The fourth-order valence-electron chi connectivity index (χ4n) is 2.15. The zero-order valence-corrected chi connectivity index (χ0v) is 10.1. The lowest BCUT2D eigenvalue weighted by molar-refractivity contribution is 0.216. The van der Waals surface area contributed by atoms with Crippen molar-refractivity contribution in [3.63, 3.8) is 0 Å². The summed E-state index contributed by atoms with van der Waals surface area (Å²) in [5, 5.41) is 6.10. The molecule has 3 nitrogen and oxygen atoms in total. The zero-order chi connectivity index (χ0) is 11.0. The minimum absolute atomic E-state index is 0.871. The summed E-state index contributed by atoms with van der Waals surface area (Å²) in [5.74, 6) is 0.969. The number of hydrogen-bond donors (Lipinski definition) is 0. The Morgan fingerprint density at radius 3 is 3.31 bits per heavy atom. The van der Waals surface area contributed by atoms with E-state index in [1.54, 1.807) is 4.88 Å². The Labute approximate surface area is 98.7 Å². The van der Waals surface area contributed by atoms with E-state index in [1.165, 1.54) is 12.0 Å². The van der Waals surface area contributed by atoms with Crippen LogP contribution in [0.1, 0.15) is 21.9 Å². The molecule has 0 saturated carbocycles. The molecule has 2 aromatic rings. The van der Waals surface area contributed by atoms with Crippen LogP contribution in [0.25, 0.3) is 0 Å². The first-order valence-corrected chi connectivity index (χ1v) is 6.39. The van der Waals surface area contributed by atoms with Gasteiger partial charge in [-0.3, -0.25) is 4.90 Å². The van der Waals surface area contributed by atoms with Crippen molar-refractivity contribution in [3.05, 3.63) is 39.4 Å². The Hall–Kier alpha value is -1.13. The van der Waals surface area contributed by atoms with Gasteiger partial charge >= 0.3 is 0 Å². The minimum Gasteiger partial charge on any atom is -0.360 e. The van der Waals surface area contributed by atoms with Crippen LogP contribution in [-0.4, -0.2) is 16.6 Å². The maximum Gasteiger partial charge on any atom is 0.150 e. The van der Waals surface area contributed by atoms with E-state index < -0.39 is 0 Å². The highest BCUT2D eigenvalue weighted by Crippen LogP contribution is 2.24. The maximum absolute atomic E-state index is 5.25. The fraction of sp³-hybridized carbons (Fsp3) is 0.417. The van der Waals surface area contributed by atoms with Crippen molar-refractivity contribution in [3.8, 4) is 0 Å². The predicted octanol–water partition coefficient (Wildman–Crippen LogP) is 2.60. The van der Waals surface area contributed by atoms with Crippen LogP contribution in [0.5, 0.6) is 0 Å². The van der Waals surface area contributed by atoms with E-state index in [1.807, 2.05) is 24.3 Å². The van der Waals surface area contributed by atoms with Crippen molar-refractivity contribution in [2.45, 2.75) is 26.4 Å². The van der Waals surface area contributed by atoms with Gasteiger partial charge in [-0.05, 0) is 30.4 Å². The Kier molecular flexibility index (Phi) is 2.53. The van der Waals surface area contributed by atoms with E-state index in [4.69, 9.17) is 4.52 Å². The van der Waals surface area contributed by atoms with Crippen LogP contribution >= 0.6 is 11.3 Å². The average molecular weight is 234 g/mol. The molecule has 0 atom stereocenters. The standard InChI is InChI=1S/C12H14N2OS/c1-9-6-11(15-13-9)8-14-4-2-12-10(7-14)3-5-16-12/h3,5-6H,2,4,7-8H2,1H3. The van der Waals surface area contributed by atoms with Gasteiger partial charge in [-0.15, -0.1) is 11.3 Å². The normalized spacial score (nSPS) is 16.3. The van der Waals surface area contributed by atoms with Gasteiger partial charge in [0.1, 0.15) is 0 Å². The summed E-state index contributed by atoms with van der Waals surface area (Å²) in [5.41, 5.74) is 2.44. The van der Waals surface area contributed by atoms with Crippen LogP contribution in [0, 0.1) is 6.92 Å². The second kappa shape index (κ2) is 4.03. The molecule has 1 aliphatic rings. The molecule has 1 aliphatic heterocycles. The van der Waals surface area contributed by atoms with Crippen LogP contribution in [-0.2, 0) is 19.5 Å². The summed E-state index contributed by atoms with van der Waals surface area (Å²) in [4.78, 5) is 3.96. The number of hydrogen-bond acceptors (Lipinski definition) is 4. The van der Waals surface area contributed by atoms with Crippen LogP contribution in [0.15, 0.2) is 22.0 Å². The fourth-order valence-corrected chi connectivity index (χ4v) is 3.04. The Balaban J connectivity index is 1.70. The first-order chi connectivity index (χ1) is 7.81. The molecular weight excluding hydrogens is 220 g/mol. The molecule has 0 bridgehead atoms. The molecule has 0 aromatic carbocycles. The first kappa shape index (κ1) is 10.1. The topological polar surface area (TPSA) is 29.3 Å². The molecule has 0 saturated heterocycles. The van der Waals surface area contributed by atoms with Crippen LogP contribution in [0.3, 0.4) is 0 Å². The third-order valence-electron chi connectivity index (χ3n) is 2.94. The van der Waals surface area contributed by atoms with Crippen molar-refractivity contribution >= 4 is 11.3 Å². The summed E-state index contributed by atoms with van der Waals surface area (Å²) in [7, 11) is 0. The van der Waals surface area contributed by atoms with Gasteiger partial charge in [-0.2, -0.15) is 0 Å². The van der Waals surface area contributed by atoms with Gasteiger partial charge in [0.25, 0.3) is 0 Å². The number of aromatic nitrogens is 1. The van der Waals surface area contributed by atoms with Crippen molar-refractivity contribution in [1.29, 1.82) is 0 Å². The minimum atomic E-state index is 0.871. The predicted molar refractivity (Wildman–Crippen MR) is 63.4 cm³/mol. The second-order valence-electron chi connectivity index (χ2n) is 4.26. The molecule has 0 radical (unpaired) electrons. The number of fused-ring (bicyclic) bond motifs is 1. The summed E-state index contributed by atoms with van der Waals surface area (Å²) in [6.45, 7) is 4.99. The second-order valence-corrected chi connectivity index (χ2v) is 5.26. The van der Waals surface area contributed by atoms with Crippen molar-refractivity contribution < 1.29 is 4.52 Å². The third-order valence-corrected chi connectivity index (χ3v) is 3.97. The summed E-state index contributed by atoms with van der Waals surface area (Å²) < 4.78 is 5.25. The molecule has 0 aliphatic carbocycles. The van der Waals surface area contributed by atoms with E-state index >= 15 is 0 Å². The molecule has 0 spiro atoms. The smallest absolute Gasteiger partial charge is 0.150 e. The number of nitrogens with zero attached hydrogens (tertiary/aromatic N) is 2. The molecule has 2 aromatic heterocycles. The van der Waals surface area contributed by atoms with Gasteiger partial charge in [0.05, 0.1) is 12.2 Å². The van der Waals surface area contributed by atoms with Gasteiger partial charge in [0, 0.05) is 24.0 Å². The van der Waals surface area contributed by atoms with E-state index in [0.29, 0.717) is 0 Å². The van der Waals surface area contributed by atoms with Crippen LogP contribution in [0.4, 0.5) is 0 Å². The Bertz CT molecular complexity index is 489. The average Bonchev–Trinajstić information content (AvgIpc) is 2.87. The number of thiophene rings is 1. The quantitative estimate of drug-likeness (QED) is 0.800. The summed E-state index contributed by atoms with van der Waals surface area (Å²) in [6, 6.07) is 4.25. The monoisotopic (exact) mass is 234 g/mol. The van der Waals surface area contributed by atoms with Gasteiger partial charge < -0.3 is 4.52 Å². The van der Waals surface area contributed by atoms with Crippen LogP contribution < -0.4 is 0 Å². The summed E-state index contributed by atoms with van der Waals surface area (Å²) in [6.07, 6.45) is 1.17. The molecule has 0 unspecified atom stereocenters. The highest BCUT2D eigenvalue weighted by molar-refractivity contribution is 7.10. The van der Waals surface area contributed by atoms with E-state index in [2.05, 4.69) is 21.5 Å². The van der Waals surface area contributed by atoms with Gasteiger partial charge in [-0.1, -0.05) is 5.16 Å². The molecule has 4 heteroatoms. The molecule has 0 N–H and O–H groups in total. The maximum atomic E-state index is 5.25. The Morgan fingerprint density at radius 1 is 1.56 bits per heavy atom. The molecule has 16 heavy (non-hydrogen) atoms. The molecular formula is C12H14N2OS. The Morgan fingerprint density at radius 2 is 2.50 bits per heavy atom. The van der Waals surface area contributed by atoms with Gasteiger partial charge in [0.2, 0.25) is 0 Å². The van der Waals surface area contributed by atoms with Crippen LogP contribution in [0.2, 0.25) is 0 Å². The number of aryl methyl sites for hydroxylation is 1. The van der Waals surface area contributed by atoms with Crippen molar-refractivity contribution in [2.75, 3.05) is 6.54 Å². The van der Waals surface area contributed by atoms with E-state index in [0.717, 1.165) is 31.1 Å².